The molecule has 1 aliphatic rings. The molecule has 21 heavy (non-hydrogen) atoms. The number of nitrogens with one attached hydrogen (secondary N) is 1. The van der Waals surface area contributed by atoms with Gasteiger partial charge in [-0.3, -0.25) is 9.59 Å². The predicted octanol–water partition coefficient (Wildman–Crippen LogP) is 0.873. The fourth-order valence-electron chi connectivity index (χ4n) is 2.11. The summed E-state index contributed by atoms with van der Waals surface area (Å²) in [5, 5.41) is 11.9. The third-order valence-corrected chi connectivity index (χ3v) is 3.46. The largest absolute Gasteiger partial charge is 0.481 e. The molecule has 0 bridgehead atoms. The average Bonchev–Trinajstić information content (AvgIpc) is 2.44. The van der Waals surface area contributed by atoms with Gasteiger partial charge in [0.1, 0.15) is 6.61 Å². The summed E-state index contributed by atoms with van der Waals surface area (Å²) in [4.78, 5) is 24.5. The van der Waals surface area contributed by atoms with Gasteiger partial charge in [-0.25, -0.2) is 0 Å². The number of benzene rings is 1. The van der Waals surface area contributed by atoms with Crippen molar-refractivity contribution in [1.29, 1.82) is 0 Å². The van der Waals surface area contributed by atoms with Crippen LogP contribution in [-0.2, 0) is 14.3 Å². The first kappa shape index (κ1) is 15.5. The molecule has 0 aromatic heterocycles. The van der Waals surface area contributed by atoms with E-state index in [4.69, 9.17) is 9.84 Å². The number of carboxylic acids is 1. The van der Waals surface area contributed by atoms with Crippen LogP contribution in [0.1, 0.15) is 13.3 Å². The molecule has 0 unspecified atom stereocenters. The normalized spacial score (nSPS) is 16.0. The highest BCUT2D eigenvalue weighted by molar-refractivity contribution is 5.94. The summed E-state index contributed by atoms with van der Waals surface area (Å²) in [5.74, 6) is -1.16. The molecule has 6 nitrogen and oxygen atoms in total. The zero-order chi connectivity index (χ0) is 15.3. The van der Waals surface area contributed by atoms with Gasteiger partial charge >= 0.3 is 5.97 Å². The number of rotatable bonds is 7. The maximum Gasteiger partial charge on any atom is 0.305 e. The smallest absolute Gasteiger partial charge is 0.305 e. The summed E-state index contributed by atoms with van der Waals surface area (Å²) in [6.45, 7) is 3.48. The van der Waals surface area contributed by atoms with Gasteiger partial charge in [-0.15, -0.1) is 0 Å². The first-order chi connectivity index (χ1) is 10.0. The molecule has 2 N–H and O–H groups in total. The van der Waals surface area contributed by atoms with Crippen LogP contribution in [0.2, 0.25) is 0 Å². The molecule has 0 atom stereocenters. The van der Waals surface area contributed by atoms with Crippen LogP contribution in [0, 0.1) is 0 Å². The number of nitrogens with zero attached hydrogens (tertiary/aromatic N) is 1. The Morgan fingerprint density at radius 2 is 2.00 bits per heavy atom. The summed E-state index contributed by atoms with van der Waals surface area (Å²) in [6, 6.07) is 9.04. The number of ether oxygens (including phenoxy) is 1. The molecule has 1 aromatic rings. The minimum Gasteiger partial charge on any atom is -0.481 e. The Hall–Kier alpha value is -1.92. The Bertz CT molecular complexity index is 500. The van der Waals surface area contributed by atoms with Crippen LogP contribution in [0.5, 0.6) is 0 Å². The van der Waals surface area contributed by atoms with Gasteiger partial charge in [0.2, 0.25) is 0 Å². The van der Waals surface area contributed by atoms with Crippen molar-refractivity contribution in [3.63, 3.8) is 0 Å². The summed E-state index contributed by atoms with van der Waals surface area (Å²) in [6.07, 6.45) is -0.0978. The van der Waals surface area contributed by atoms with E-state index < -0.39 is 5.97 Å². The Labute approximate surface area is 123 Å². The van der Waals surface area contributed by atoms with Gasteiger partial charge in [0, 0.05) is 25.3 Å². The van der Waals surface area contributed by atoms with E-state index in [9.17, 15) is 9.59 Å². The molecule has 2 rings (SSSR count). The maximum atomic E-state index is 12.3. The second-order valence-electron chi connectivity index (χ2n) is 5.37. The molecule has 1 amide bonds. The molecule has 6 heteroatoms. The van der Waals surface area contributed by atoms with E-state index in [1.54, 1.807) is 12.1 Å². The topological polar surface area (TPSA) is 78.9 Å². The third kappa shape index (κ3) is 4.27. The van der Waals surface area contributed by atoms with Gasteiger partial charge < -0.3 is 20.1 Å². The fraction of sp³-hybridized carbons (Fsp3) is 0.467. The molecule has 1 saturated heterocycles. The molecule has 0 spiro atoms. The van der Waals surface area contributed by atoms with E-state index in [-0.39, 0.29) is 31.1 Å². The van der Waals surface area contributed by atoms with Crippen molar-refractivity contribution < 1.29 is 19.4 Å². The van der Waals surface area contributed by atoms with Crippen molar-refractivity contribution in [2.45, 2.75) is 18.9 Å². The Morgan fingerprint density at radius 1 is 1.33 bits per heavy atom. The van der Waals surface area contributed by atoms with Crippen molar-refractivity contribution in [3.05, 3.63) is 30.3 Å². The van der Waals surface area contributed by atoms with Gasteiger partial charge in [0.15, 0.2) is 0 Å². The minimum atomic E-state index is -0.931. The van der Waals surface area contributed by atoms with Crippen LogP contribution >= 0.6 is 0 Å². The number of anilines is 1. The van der Waals surface area contributed by atoms with E-state index in [1.165, 1.54) is 4.90 Å². The van der Waals surface area contributed by atoms with Gasteiger partial charge in [-0.05, 0) is 19.1 Å². The molecule has 0 saturated carbocycles. The standard InChI is InChI=1S/C15H20N2O4/c1-15(10-16-11-15)21-9-13(18)17(8-7-14(19)20)12-5-3-2-4-6-12/h2-6,16H,7-11H2,1H3,(H,19,20). The number of para-hydroxylation sites is 1. The third-order valence-electron chi connectivity index (χ3n) is 3.46. The Balaban J connectivity index is 1.99. The van der Waals surface area contributed by atoms with Gasteiger partial charge in [-0.2, -0.15) is 0 Å². The van der Waals surface area contributed by atoms with Crippen LogP contribution in [0.3, 0.4) is 0 Å². The monoisotopic (exact) mass is 292 g/mol. The van der Waals surface area contributed by atoms with E-state index in [0.717, 1.165) is 13.1 Å². The summed E-state index contributed by atoms with van der Waals surface area (Å²) < 4.78 is 5.64. The fourth-order valence-corrected chi connectivity index (χ4v) is 2.11. The van der Waals surface area contributed by atoms with Crippen molar-refractivity contribution >= 4 is 17.6 Å². The highest BCUT2D eigenvalue weighted by Gasteiger charge is 2.33. The lowest BCUT2D eigenvalue weighted by molar-refractivity contribution is -0.137. The molecule has 1 aromatic carbocycles. The lowest BCUT2D eigenvalue weighted by atomic mass is 10.0. The van der Waals surface area contributed by atoms with E-state index in [0.29, 0.717) is 5.69 Å². The van der Waals surface area contributed by atoms with E-state index in [1.807, 2.05) is 25.1 Å². The molecule has 0 aliphatic carbocycles. The predicted molar refractivity (Wildman–Crippen MR) is 78.3 cm³/mol. The van der Waals surface area contributed by atoms with Crippen LogP contribution in [-0.4, -0.2) is 48.8 Å². The van der Waals surface area contributed by atoms with Crippen molar-refractivity contribution in [3.8, 4) is 0 Å². The summed E-state index contributed by atoms with van der Waals surface area (Å²) in [5.41, 5.74) is 0.384. The van der Waals surface area contributed by atoms with Crippen LogP contribution in [0.25, 0.3) is 0 Å². The second-order valence-corrected chi connectivity index (χ2v) is 5.37. The first-order valence-corrected chi connectivity index (χ1v) is 6.92. The highest BCUT2D eigenvalue weighted by Crippen LogP contribution is 2.18. The Morgan fingerprint density at radius 3 is 2.52 bits per heavy atom. The number of hydrogen-bond acceptors (Lipinski definition) is 4. The van der Waals surface area contributed by atoms with E-state index >= 15 is 0 Å². The zero-order valence-corrected chi connectivity index (χ0v) is 12.0. The molecule has 0 radical (unpaired) electrons. The molecule has 1 fully saturated rings. The van der Waals surface area contributed by atoms with Crippen LogP contribution in [0.15, 0.2) is 30.3 Å². The maximum absolute atomic E-state index is 12.3. The highest BCUT2D eigenvalue weighted by atomic mass is 16.5. The summed E-state index contributed by atoms with van der Waals surface area (Å²) >= 11 is 0. The lowest BCUT2D eigenvalue weighted by Gasteiger charge is -2.39. The van der Waals surface area contributed by atoms with Crippen molar-refractivity contribution in [1.82, 2.24) is 5.32 Å². The van der Waals surface area contributed by atoms with Crippen LogP contribution < -0.4 is 10.2 Å². The zero-order valence-electron chi connectivity index (χ0n) is 12.0. The molecular formula is C15H20N2O4. The number of carbonyl (C=O) groups excluding carboxylic acids is 1. The molecule has 1 aliphatic heterocycles. The van der Waals surface area contributed by atoms with E-state index in [2.05, 4.69) is 5.32 Å². The lowest BCUT2D eigenvalue weighted by Crippen LogP contribution is -2.59. The Kier molecular flexibility index (Phi) is 4.93. The number of hydrogen-bond donors (Lipinski definition) is 2. The molecule has 1 heterocycles. The number of amides is 1. The average molecular weight is 292 g/mol. The van der Waals surface area contributed by atoms with Gasteiger partial charge in [0.05, 0.1) is 12.0 Å². The van der Waals surface area contributed by atoms with Crippen LogP contribution in [0.4, 0.5) is 5.69 Å². The molecule has 114 valence electrons. The minimum absolute atomic E-state index is 0.0489. The SMILES string of the molecule is CC1(OCC(=O)N(CCC(=O)O)c2ccccc2)CNC1. The summed E-state index contributed by atoms with van der Waals surface area (Å²) in [7, 11) is 0. The number of carboxylic acid groups (broad SMARTS) is 1. The van der Waals surface area contributed by atoms with Gasteiger partial charge in [0.25, 0.3) is 5.91 Å². The van der Waals surface area contributed by atoms with Crippen molar-refractivity contribution in [2.24, 2.45) is 0 Å². The first-order valence-electron chi connectivity index (χ1n) is 6.92. The number of carbonyl (C=O) groups is 2. The van der Waals surface area contributed by atoms with Crippen molar-refractivity contribution in [2.75, 3.05) is 31.1 Å². The molecular weight excluding hydrogens is 272 g/mol. The van der Waals surface area contributed by atoms with Gasteiger partial charge in [-0.1, -0.05) is 18.2 Å². The quantitative estimate of drug-likeness (QED) is 0.779. The second kappa shape index (κ2) is 6.69. The number of aliphatic carboxylic acids is 1.